The highest BCUT2D eigenvalue weighted by molar-refractivity contribution is 7.53. The zero-order chi connectivity index (χ0) is 35.9. The number of hydrogen-bond donors (Lipinski definition) is 3. The number of alkyl halides is 6. The second kappa shape index (κ2) is 19.4. The first-order chi connectivity index (χ1) is 21.7. The monoisotopic (exact) mass is 705 g/mol. The summed E-state index contributed by atoms with van der Waals surface area (Å²) in [5, 5.41) is 6.33. The third-order valence-electron chi connectivity index (χ3n) is 6.16. The van der Waals surface area contributed by atoms with Gasteiger partial charge in [-0.15, -0.1) is 0 Å². The summed E-state index contributed by atoms with van der Waals surface area (Å²) < 4.78 is 88.8. The number of methoxy groups -OCH3 is 1. The number of rotatable bonds is 19. The van der Waals surface area contributed by atoms with E-state index in [4.69, 9.17) is 15.2 Å². The molecule has 0 bridgehead atoms. The van der Waals surface area contributed by atoms with Crippen molar-refractivity contribution in [2.75, 3.05) is 32.4 Å². The van der Waals surface area contributed by atoms with Crippen LogP contribution in [0.3, 0.4) is 0 Å². The van der Waals surface area contributed by atoms with E-state index < -0.39 is 50.5 Å². The Bertz CT molecular complexity index is 1230. The van der Waals surface area contributed by atoms with Crippen LogP contribution in [0, 0.1) is 0 Å². The zero-order valence-electron chi connectivity index (χ0n) is 27.5. The maximum Gasteiger partial charge on any atom is 0.389 e. The number of unbranched alkanes of at least 4 members (excludes halogenated alkanes) is 2. The third-order valence-corrected chi connectivity index (χ3v) is 8.24. The molecular weight excluding hydrogens is 659 g/mol. The molecule has 0 aromatic carbocycles. The predicted octanol–water partition coefficient (Wildman–Crippen LogP) is 5.66. The van der Waals surface area contributed by atoms with E-state index >= 15 is 0 Å². The Morgan fingerprint density at radius 2 is 1.57 bits per heavy atom. The first-order valence-electron chi connectivity index (χ1n) is 14.8. The van der Waals surface area contributed by atoms with Crippen LogP contribution in [0.2, 0.25) is 0 Å². The van der Waals surface area contributed by atoms with Crippen LogP contribution in [0.4, 0.5) is 32.2 Å². The molecule has 19 heteroatoms. The van der Waals surface area contributed by atoms with Crippen LogP contribution in [-0.4, -0.2) is 88.0 Å². The highest BCUT2D eigenvalue weighted by Gasteiger charge is 2.34. The van der Waals surface area contributed by atoms with Crippen LogP contribution in [0.15, 0.2) is 12.7 Å². The summed E-state index contributed by atoms with van der Waals surface area (Å²) in [5.41, 5.74) is 4.80. The minimum Gasteiger partial charge on any atom is -0.464 e. The van der Waals surface area contributed by atoms with E-state index in [2.05, 4.69) is 29.9 Å². The molecule has 12 nitrogen and oxygen atoms in total. The van der Waals surface area contributed by atoms with Gasteiger partial charge in [-0.25, -0.2) is 15.0 Å². The van der Waals surface area contributed by atoms with Crippen LogP contribution in [-0.2, 0) is 30.3 Å². The maximum absolute atomic E-state index is 12.6. The van der Waals surface area contributed by atoms with Crippen LogP contribution in [0.1, 0.15) is 73.1 Å². The number of ether oxygens (including phenoxy) is 3. The molecule has 0 aliphatic heterocycles. The molecule has 2 rings (SSSR count). The summed E-state index contributed by atoms with van der Waals surface area (Å²) >= 11 is 0. The molecule has 270 valence electrons. The highest BCUT2D eigenvalue weighted by Crippen LogP contribution is 2.33. The molecule has 0 amide bonds. The fraction of sp³-hybridized carbons (Fsp3) is 0.750. The molecule has 4 N–H and O–H groups in total. The number of nitrogens with zero attached hydrogens (tertiary/aromatic N) is 4. The van der Waals surface area contributed by atoms with Gasteiger partial charge in [0.1, 0.15) is 23.7 Å². The van der Waals surface area contributed by atoms with Crippen molar-refractivity contribution in [3.63, 3.8) is 0 Å². The van der Waals surface area contributed by atoms with Crippen molar-refractivity contribution in [2.24, 2.45) is 0 Å². The number of carbonyl (C=O) groups excluding carboxylic acids is 2. The molecule has 0 saturated heterocycles. The summed E-state index contributed by atoms with van der Waals surface area (Å²) in [4.78, 5) is 36.5. The average molecular weight is 706 g/mol. The molecular formula is C28H46F6N7O5P. The number of nitrogens with two attached hydrogens (primary N) is 1. The van der Waals surface area contributed by atoms with Gasteiger partial charge < -0.3 is 29.3 Å². The minimum atomic E-state index is -4.24. The van der Waals surface area contributed by atoms with Gasteiger partial charge in [-0.1, -0.05) is 0 Å². The number of esters is 1. The normalized spacial score (nSPS) is 14.0. The third kappa shape index (κ3) is 17.9. The van der Waals surface area contributed by atoms with Crippen molar-refractivity contribution >= 4 is 37.5 Å². The number of anilines is 1. The Morgan fingerprint density at radius 3 is 2.13 bits per heavy atom. The lowest BCUT2D eigenvalue weighted by Crippen LogP contribution is -2.50. The van der Waals surface area contributed by atoms with E-state index in [0.29, 0.717) is 30.7 Å². The lowest BCUT2D eigenvalue weighted by atomic mass is 10.1. The number of hydrogen-bond acceptors (Lipinski definition) is 11. The largest absolute Gasteiger partial charge is 0.464 e. The molecule has 2 aromatic heterocycles. The number of nitrogens with one attached hydrogen (secondary N) is 2. The second-order valence-corrected chi connectivity index (χ2v) is 13.4. The SMILES string of the molecule is CC(Cn1cnc2c(N)ncnc21)OCP(NC(C)(C)C=O)NC(C)(C)C(=O)OCCCCC(F)(F)F.COCCCCC(F)(F)F. The van der Waals surface area contributed by atoms with E-state index in [1.807, 2.05) is 6.92 Å². The van der Waals surface area contributed by atoms with Gasteiger partial charge in [-0.3, -0.25) is 15.0 Å². The zero-order valence-corrected chi connectivity index (χ0v) is 28.4. The number of carbonyl (C=O) groups is 2. The number of nitrogen functional groups attached to an aromatic ring is 1. The smallest absolute Gasteiger partial charge is 0.389 e. The Kier molecular flexibility index (Phi) is 17.5. The van der Waals surface area contributed by atoms with Crippen LogP contribution in [0.5, 0.6) is 0 Å². The van der Waals surface area contributed by atoms with E-state index in [1.54, 1.807) is 38.6 Å². The lowest BCUT2D eigenvalue weighted by molar-refractivity contribution is -0.150. The van der Waals surface area contributed by atoms with Gasteiger partial charge in [0, 0.05) is 26.6 Å². The van der Waals surface area contributed by atoms with Gasteiger partial charge in [-0.2, -0.15) is 26.3 Å². The van der Waals surface area contributed by atoms with Crippen LogP contribution < -0.4 is 15.9 Å². The Morgan fingerprint density at radius 1 is 0.979 bits per heavy atom. The molecule has 0 fully saturated rings. The molecule has 0 aliphatic carbocycles. The molecule has 2 aromatic rings. The fourth-order valence-electron chi connectivity index (χ4n) is 3.76. The van der Waals surface area contributed by atoms with Crippen molar-refractivity contribution in [1.29, 1.82) is 0 Å². The van der Waals surface area contributed by atoms with Gasteiger partial charge in [0.05, 0.1) is 45.7 Å². The second-order valence-electron chi connectivity index (χ2n) is 11.8. The Labute approximate surface area is 271 Å². The summed E-state index contributed by atoms with van der Waals surface area (Å²) in [6.07, 6.45) is -5.70. The molecule has 47 heavy (non-hydrogen) atoms. The number of fused-ring (bicyclic) bond motifs is 1. The standard InChI is InChI=1S/C22H35F3N7O4P.C6H11F3O/c1-15(10-32-13-29-16-17(26)27-12-28-18(16)32)36-14-37(30-20(2,3)11-33)31-21(4,5)19(34)35-9-7-6-8-22(23,24)25;1-10-5-3-2-4-6(7,8)9/h11-13,15,30-31H,6-10,14H2,1-5H3,(H2,26,27,28);2-5H2,1H3. The fourth-order valence-corrected chi connectivity index (χ4v) is 5.86. The Hall–Kier alpha value is -2.66. The molecule has 2 unspecified atom stereocenters. The van der Waals surface area contributed by atoms with E-state index in [1.165, 1.54) is 13.4 Å². The van der Waals surface area contributed by atoms with E-state index in [-0.39, 0.29) is 44.1 Å². The number of imidazole rings is 1. The average Bonchev–Trinajstić information content (AvgIpc) is 3.36. The lowest BCUT2D eigenvalue weighted by Gasteiger charge is -2.34. The van der Waals surface area contributed by atoms with Crippen LogP contribution in [0.25, 0.3) is 11.2 Å². The van der Waals surface area contributed by atoms with Crippen molar-refractivity contribution in [2.45, 2.75) is 109 Å². The van der Waals surface area contributed by atoms with E-state index in [9.17, 15) is 35.9 Å². The number of halogens is 6. The van der Waals surface area contributed by atoms with Gasteiger partial charge in [0.15, 0.2) is 11.5 Å². The van der Waals surface area contributed by atoms with Gasteiger partial charge in [0.2, 0.25) is 0 Å². The number of aldehydes is 1. The quantitative estimate of drug-likeness (QED) is 0.0545. The summed E-state index contributed by atoms with van der Waals surface area (Å²) in [5.74, 6) is -0.340. The molecule has 2 heterocycles. The minimum absolute atomic E-state index is 0.104. The summed E-state index contributed by atoms with van der Waals surface area (Å²) in [6.45, 7) is 9.14. The molecule has 0 spiro atoms. The molecule has 2 atom stereocenters. The van der Waals surface area contributed by atoms with Crippen molar-refractivity contribution in [3.05, 3.63) is 12.7 Å². The molecule has 0 saturated carbocycles. The summed E-state index contributed by atoms with van der Waals surface area (Å²) in [6, 6.07) is 0. The van der Waals surface area contributed by atoms with Gasteiger partial charge in [-0.05, 0) is 60.3 Å². The van der Waals surface area contributed by atoms with Crippen molar-refractivity contribution < 1.29 is 50.1 Å². The first-order valence-corrected chi connectivity index (χ1v) is 16.3. The first kappa shape index (κ1) is 42.4. The predicted molar refractivity (Wildman–Crippen MR) is 165 cm³/mol. The topological polar surface area (TPSA) is 156 Å². The van der Waals surface area contributed by atoms with E-state index in [0.717, 1.165) is 6.29 Å². The van der Waals surface area contributed by atoms with Gasteiger partial charge >= 0.3 is 18.3 Å². The van der Waals surface area contributed by atoms with Crippen molar-refractivity contribution in [3.8, 4) is 0 Å². The highest BCUT2D eigenvalue weighted by atomic mass is 31.1. The summed E-state index contributed by atoms with van der Waals surface area (Å²) in [7, 11) is 0.0586. The van der Waals surface area contributed by atoms with Gasteiger partial charge in [0.25, 0.3) is 0 Å². The Balaban J connectivity index is 0.000000950. The molecule has 0 radical (unpaired) electrons. The molecule has 0 aliphatic rings. The number of aromatic nitrogens is 4. The van der Waals surface area contributed by atoms with Crippen LogP contribution >= 0.6 is 8.22 Å². The maximum atomic E-state index is 12.6. The van der Waals surface area contributed by atoms with Crippen molar-refractivity contribution in [1.82, 2.24) is 29.7 Å².